The van der Waals surface area contributed by atoms with E-state index in [1.54, 1.807) is 0 Å². The highest BCUT2D eigenvalue weighted by atomic mass is 19.1. The maximum atomic E-state index is 13.0. The van der Waals surface area contributed by atoms with Gasteiger partial charge < -0.3 is 15.8 Å². The Balaban J connectivity index is 2.72. The molecule has 8 heteroatoms. The van der Waals surface area contributed by atoms with Crippen LogP contribution in [0.25, 0.3) is 0 Å². The van der Waals surface area contributed by atoms with Crippen LogP contribution in [-0.4, -0.2) is 30.6 Å². The van der Waals surface area contributed by atoms with E-state index in [0.29, 0.717) is 19.4 Å². The zero-order valence-corrected chi connectivity index (χ0v) is 11.0. The maximum Gasteiger partial charge on any atom is 0.295 e. The van der Waals surface area contributed by atoms with Gasteiger partial charge in [0.25, 0.3) is 5.69 Å². The van der Waals surface area contributed by atoms with Crippen molar-refractivity contribution in [2.45, 2.75) is 18.9 Å². The first kappa shape index (κ1) is 16.0. The Kier molecular flexibility index (Phi) is 6.01. The van der Waals surface area contributed by atoms with Gasteiger partial charge in [0.15, 0.2) is 0 Å². The molecule has 1 amide bonds. The molecule has 1 rings (SSSR count). The number of hydrogen-bond acceptors (Lipinski definition) is 5. The third kappa shape index (κ3) is 4.56. The van der Waals surface area contributed by atoms with Gasteiger partial charge in [0.2, 0.25) is 5.91 Å². The van der Waals surface area contributed by atoms with Crippen molar-refractivity contribution in [2.24, 2.45) is 5.73 Å². The number of carbonyl (C=O) groups is 1. The standard InChI is InChI=1S/C12H16FN3O4/c1-20-6-2-3-9(14)12(17)15-10-5-4-8(13)7-11(10)16(18)19/h4-5,7,9H,2-3,6,14H2,1H3,(H,15,17). The molecule has 1 aromatic rings. The summed E-state index contributed by atoms with van der Waals surface area (Å²) in [5, 5.41) is 13.1. The van der Waals surface area contributed by atoms with Gasteiger partial charge in [-0.2, -0.15) is 0 Å². The summed E-state index contributed by atoms with van der Waals surface area (Å²) in [5.74, 6) is -1.31. The average molecular weight is 285 g/mol. The van der Waals surface area contributed by atoms with Crippen LogP contribution in [0.15, 0.2) is 18.2 Å². The molecule has 110 valence electrons. The Labute approximate surface area is 115 Å². The molecule has 0 aliphatic carbocycles. The zero-order valence-electron chi connectivity index (χ0n) is 11.0. The molecule has 7 nitrogen and oxygen atoms in total. The summed E-state index contributed by atoms with van der Waals surface area (Å²) < 4.78 is 17.8. The highest BCUT2D eigenvalue weighted by Crippen LogP contribution is 2.25. The van der Waals surface area contributed by atoms with E-state index in [1.165, 1.54) is 7.11 Å². The number of methoxy groups -OCH3 is 1. The van der Waals surface area contributed by atoms with E-state index in [2.05, 4.69) is 5.32 Å². The normalized spacial score (nSPS) is 11.9. The van der Waals surface area contributed by atoms with Crippen molar-refractivity contribution in [2.75, 3.05) is 19.0 Å². The van der Waals surface area contributed by atoms with Crippen molar-refractivity contribution in [1.29, 1.82) is 0 Å². The molecule has 0 spiro atoms. The van der Waals surface area contributed by atoms with E-state index >= 15 is 0 Å². The van der Waals surface area contributed by atoms with Gasteiger partial charge in [0.05, 0.1) is 17.0 Å². The van der Waals surface area contributed by atoms with Crippen LogP contribution < -0.4 is 11.1 Å². The highest BCUT2D eigenvalue weighted by molar-refractivity contribution is 5.96. The van der Waals surface area contributed by atoms with Crippen LogP contribution in [0.5, 0.6) is 0 Å². The van der Waals surface area contributed by atoms with E-state index in [1.807, 2.05) is 0 Å². The van der Waals surface area contributed by atoms with Crippen molar-refractivity contribution in [3.05, 3.63) is 34.1 Å². The van der Waals surface area contributed by atoms with Crippen LogP contribution in [0.3, 0.4) is 0 Å². The van der Waals surface area contributed by atoms with E-state index in [0.717, 1.165) is 18.2 Å². The number of benzene rings is 1. The quantitative estimate of drug-likeness (QED) is 0.447. The Morgan fingerprint density at radius 2 is 2.30 bits per heavy atom. The van der Waals surface area contributed by atoms with Crippen molar-refractivity contribution in [3.8, 4) is 0 Å². The molecular weight excluding hydrogens is 269 g/mol. The van der Waals surface area contributed by atoms with Gasteiger partial charge in [-0.1, -0.05) is 0 Å². The molecule has 1 atom stereocenters. The van der Waals surface area contributed by atoms with Gasteiger partial charge in [0.1, 0.15) is 11.5 Å². The van der Waals surface area contributed by atoms with Crippen LogP contribution in [0.4, 0.5) is 15.8 Å². The molecule has 1 aromatic carbocycles. The lowest BCUT2D eigenvalue weighted by Crippen LogP contribution is -2.35. The zero-order chi connectivity index (χ0) is 15.1. The predicted octanol–water partition coefficient (Wildman–Crippen LogP) is 1.43. The fourth-order valence-corrected chi connectivity index (χ4v) is 1.57. The van der Waals surface area contributed by atoms with Crippen LogP contribution in [0, 0.1) is 15.9 Å². The van der Waals surface area contributed by atoms with Crippen molar-refractivity contribution in [3.63, 3.8) is 0 Å². The second kappa shape index (κ2) is 7.51. The number of carbonyl (C=O) groups excluding carboxylic acids is 1. The molecule has 20 heavy (non-hydrogen) atoms. The average Bonchev–Trinajstić information content (AvgIpc) is 2.40. The van der Waals surface area contributed by atoms with Gasteiger partial charge in [-0.3, -0.25) is 14.9 Å². The number of nitrogens with one attached hydrogen (secondary N) is 1. The Morgan fingerprint density at radius 3 is 2.90 bits per heavy atom. The third-order valence-electron chi connectivity index (χ3n) is 2.61. The number of amides is 1. The minimum absolute atomic E-state index is 0.0800. The summed E-state index contributed by atoms with van der Waals surface area (Å²) in [6, 6.07) is 2.09. The molecule has 3 N–H and O–H groups in total. The van der Waals surface area contributed by atoms with Gasteiger partial charge in [-0.25, -0.2) is 4.39 Å². The number of anilines is 1. The molecule has 0 aromatic heterocycles. The Morgan fingerprint density at radius 1 is 1.60 bits per heavy atom. The van der Waals surface area contributed by atoms with Gasteiger partial charge >= 0.3 is 0 Å². The number of nitro benzene ring substituents is 1. The van der Waals surface area contributed by atoms with E-state index in [-0.39, 0.29) is 5.69 Å². The molecule has 1 unspecified atom stereocenters. The molecule has 0 aliphatic rings. The fourth-order valence-electron chi connectivity index (χ4n) is 1.57. The fraction of sp³-hybridized carbons (Fsp3) is 0.417. The van der Waals surface area contributed by atoms with E-state index < -0.39 is 28.4 Å². The van der Waals surface area contributed by atoms with Crippen molar-refractivity contribution < 1.29 is 18.8 Å². The molecule has 0 fully saturated rings. The summed E-state index contributed by atoms with van der Waals surface area (Å²) in [7, 11) is 1.54. The number of nitrogens with two attached hydrogens (primary N) is 1. The van der Waals surface area contributed by atoms with Gasteiger partial charge in [-0.15, -0.1) is 0 Å². The second-order valence-electron chi connectivity index (χ2n) is 4.15. The van der Waals surface area contributed by atoms with E-state index in [4.69, 9.17) is 10.5 Å². The largest absolute Gasteiger partial charge is 0.385 e. The van der Waals surface area contributed by atoms with Crippen molar-refractivity contribution in [1.82, 2.24) is 0 Å². The summed E-state index contributed by atoms with van der Waals surface area (Å²) in [5.41, 5.74) is 5.06. The van der Waals surface area contributed by atoms with E-state index in [9.17, 15) is 19.3 Å². The summed E-state index contributed by atoms with van der Waals surface area (Å²) in [4.78, 5) is 21.8. The number of nitrogens with zero attached hydrogens (tertiary/aromatic N) is 1. The maximum absolute atomic E-state index is 13.0. The highest BCUT2D eigenvalue weighted by Gasteiger charge is 2.20. The number of ether oxygens (including phenoxy) is 1. The molecule has 0 heterocycles. The first-order valence-electron chi connectivity index (χ1n) is 5.95. The summed E-state index contributed by atoms with van der Waals surface area (Å²) >= 11 is 0. The van der Waals surface area contributed by atoms with Gasteiger partial charge in [0, 0.05) is 13.7 Å². The molecule has 0 bridgehead atoms. The van der Waals surface area contributed by atoms with Crippen LogP contribution >= 0.6 is 0 Å². The Hall–Kier alpha value is -2.06. The number of hydrogen-bond donors (Lipinski definition) is 2. The minimum Gasteiger partial charge on any atom is -0.385 e. The lowest BCUT2D eigenvalue weighted by Gasteiger charge is -2.12. The predicted molar refractivity (Wildman–Crippen MR) is 70.8 cm³/mol. The second-order valence-corrected chi connectivity index (χ2v) is 4.15. The topological polar surface area (TPSA) is 107 Å². The minimum atomic E-state index is -0.810. The molecule has 0 radical (unpaired) electrons. The molecular formula is C12H16FN3O4. The molecule has 0 saturated carbocycles. The van der Waals surface area contributed by atoms with Crippen molar-refractivity contribution >= 4 is 17.3 Å². The number of halogens is 1. The number of nitro groups is 1. The molecule has 0 saturated heterocycles. The molecule has 0 aliphatic heterocycles. The number of rotatable bonds is 7. The first-order chi connectivity index (χ1) is 9.45. The first-order valence-corrected chi connectivity index (χ1v) is 5.95. The SMILES string of the molecule is COCCCC(N)C(=O)Nc1ccc(F)cc1[N+](=O)[O-]. The Bertz CT molecular complexity index is 496. The smallest absolute Gasteiger partial charge is 0.295 e. The van der Waals surface area contributed by atoms with Crippen LogP contribution in [-0.2, 0) is 9.53 Å². The van der Waals surface area contributed by atoms with Crippen LogP contribution in [0.2, 0.25) is 0 Å². The summed E-state index contributed by atoms with van der Waals surface area (Å²) in [6.07, 6.45) is 0.977. The lowest BCUT2D eigenvalue weighted by molar-refractivity contribution is -0.384. The summed E-state index contributed by atoms with van der Waals surface area (Å²) in [6.45, 7) is 0.470. The lowest BCUT2D eigenvalue weighted by atomic mass is 10.1. The third-order valence-corrected chi connectivity index (χ3v) is 2.61. The van der Waals surface area contributed by atoms with Gasteiger partial charge in [-0.05, 0) is 25.0 Å². The monoisotopic (exact) mass is 285 g/mol. The van der Waals surface area contributed by atoms with Crippen LogP contribution in [0.1, 0.15) is 12.8 Å².